The van der Waals surface area contributed by atoms with Crippen LogP contribution in [-0.2, 0) is 14.4 Å². The first-order valence-corrected chi connectivity index (χ1v) is 9.75. The smallest absolute Gasteiger partial charge is 0.268 e. The quantitative estimate of drug-likeness (QED) is 0.400. The molecule has 0 bridgehead atoms. The van der Waals surface area contributed by atoms with Gasteiger partial charge in [0.2, 0.25) is 11.8 Å². The van der Waals surface area contributed by atoms with Gasteiger partial charge in [0.25, 0.3) is 5.91 Å². The van der Waals surface area contributed by atoms with Crippen LogP contribution in [0.3, 0.4) is 0 Å². The fraction of sp³-hybridized carbons (Fsp3) is 0.400. The fourth-order valence-electron chi connectivity index (χ4n) is 3.51. The molecule has 1 aliphatic heterocycles. The van der Waals surface area contributed by atoms with Crippen LogP contribution in [0, 0.1) is 17.6 Å². The van der Waals surface area contributed by atoms with Crippen LogP contribution in [0.2, 0.25) is 0 Å². The molecule has 5 N–H and O–H groups in total. The maximum absolute atomic E-state index is 13.8. The van der Waals surface area contributed by atoms with Crippen LogP contribution in [-0.4, -0.2) is 59.3 Å². The zero-order valence-electron chi connectivity index (χ0n) is 16.5. The summed E-state index contributed by atoms with van der Waals surface area (Å²) in [5.74, 6) is -4.41. The van der Waals surface area contributed by atoms with Gasteiger partial charge in [0.1, 0.15) is 23.9 Å². The van der Waals surface area contributed by atoms with Crippen LogP contribution in [0.15, 0.2) is 18.2 Å². The van der Waals surface area contributed by atoms with Gasteiger partial charge in [-0.2, -0.15) is 0 Å². The minimum absolute atomic E-state index is 0.0395. The third-order valence-corrected chi connectivity index (χ3v) is 5.10. The summed E-state index contributed by atoms with van der Waals surface area (Å²) in [6, 6.07) is 1.91. The van der Waals surface area contributed by atoms with E-state index in [4.69, 9.17) is 5.11 Å². The number of amides is 3. The molecule has 166 valence electrons. The monoisotopic (exact) mass is 436 g/mol. The maximum Gasteiger partial charge on any atom is 0.268 e. The molecular formula is C20H22F2N4O5. The fourth-order valence-corrected chi connectivity index (χ4v) is 3.51. The molecule has 9 nitrogen and oxygen atoms in total. The standard InChI is InChI=1S/C20H22F2N4O5/c21-12-4-11-6-15(26-18(11)13(22)7-12)20(31)24-8-17(29)25-14(16(28)9-27)5-10-2-1-3-23-19(10)30/h4,6-7,10,14,26-27H,1-3,5,8-9H2,(H,23,30)(H,24,31)(H,25,29)/t10-,14?/m0/s1. The van der Waals surface area contributed by atoms with Gasteiger partial charge in [-0.3, -0.25) is 19.2 Å². The van der Waals surface area contributed by atoms with Crippen LogP contribution >= 0.6 is 0 Å². The number of aromatic amines is 1. The van der Waals surface area contributed by atoms with E-state index in [0.717, 1.165) is 12.5 Å². The lowest BCUT2D eigenvalue weighted by Crippen LogP contribution is -2.49. The summed E-state index contributed by atoms with van der Waals surface area (Å²) in [6.45, 7) is -0.753. The molecule has 1 unspecified atom stereocenters. The Balaban J connectivity index is 1.59. The molecule has 0 saturated carbocycles. The van der Waals surface area contributed by atoms with Crippen LogP contribution in [0.4, 0.5) is 8.78 Å². The van der Waals surface area contributed by atoms with Crippen molar-refractivity contribution in [2.75, 3.05) is 19.7 Å². The van der Waals surface area contributed by atoms with E-state index in [1.54, 1.807) is 0 Å². The second kappa shape index (κ2) is 9.65. The lowest BCUT2D eigenvalue weighted by atomic mass is 9.90. The lowest BCUT2D eigenvalue weighted by Gasteiger charge is -2.26. The van der Waals surface area contributed by atoms with Crippen LogP contribution in [0.1, 0.15) is 29.8 Å². The highest BCUT2D eigenvalue weighted by molar-refractivity contribution is 6.00. The van der Waals surface area contributed by atoms with Crippen molar-refractivity contribution in [1.29, 1.82) is 0 Å². The molecular weight excluding hydrogens is 414 g/mol. The second-order valence-corrected chi connectivity index (χ2v) is 7.33. The summed E-state index contributed by atoms with van der Waals surface area (Å²) in [5, 5.41) is 16.7. The number of fused-ring (bicyclic) bond motifs is 1. The van der Waals surface area contributed by atoms with Crippen molar-refractivity contribution in [2.45, 2.75) is 25.3 Å². The number of rotatable bonds is 8. The summed E-state index contributed by atoms with van der Waals surface area (Å²) in [6.07, 6.45) is 1.35. The van der Waals surface area contributed by atoms with Crippen molar-refractivity contribution in [2.24, 2.45) is 5.92 Å². The zero-order chi connectivity index (χ0) is 22.5. The van der Waals surface area contributed by atoms with Gasteiger partial charge >= 0.3 is 0 Å². The van der Waals surface area contributed by atoms with Crippen LogP contribution < -0.4 is 16.0 Å². The first-order valence-electron chi connectivity index (χ1n) is 9.75. The molecule has 0 spiro atoms. The number of ketones is 1. The molecule has 1 aromatic heterocycles. The Hall–Kier alpha value is -3.34. The van der Waals surface area contributed by atoms with Gasteiger partial charge in [-0.05, 0) is 31.4 Å². The van der Waals surface area contributed by atoms with E-state index in [-0.39, 0.29) is 28.9 Å². The molecule has 0 aliphatic carbocycles. The highest BCUT2D eigenvalue weighted by Gasteiger charge is 2.29. The lowest BCUT2D eigenvalue weighted by molar-refractivity contribution is -0.131. The van der Waals surface area contributed by atoms with Crippen molar-refractivity contribution in [3.8, 4) is 0 Å². The number of carbonyl (C=O) groups excluding carboxylic acids is 4. The van der Waals surface area contributed by atoms with E-state index in [0.29, 0.717) is 19.0 Å². The first kappa shape index (κ1) is 22.3. The van der Waals surface area contributed by atoms with Crippen molar-refractivity contribution in [3.63, 3.8) is 0 Å². The van der Waals surface area contributed by atoms with E-state index >= 15 is 0 Å². The maximum atomic E-state index is 13.8. The Bertz CT molecular complexity index is 1020. The average Bonchev–Trinajstić information content (AvgIpc) is 3.17. The number of H-pyrrole nitrogens is 1. The molecule has 2 heterocycles. The number of nitrogens with one attached hydrogen (secondary N) is 4. The van der Waals surface area contributed by atoms with Gasteiger partial charge in [-0.1, -0.05) is 0 Å². The third-order valence-electron chi connectivity index (χ3n) is 5.10. The van der Waals surface area contributed by atoms with Gasteiger partial charge in [0, 0.05) is 23.9 Å². The molecule has 1 saturated heterocycles. The van der Waals surface area contributed by atoms with Gasteiger partial charge in [0.15, 0.2) is 5.78 Å². The van der Waals surface area contributed by atoms with E-state index in [1.807, 2.05) is 0 Å². The highest BCUT2D eigenvalue weighted by Crippen LogP contribution is 2.20. The topological polar surface area (TPSA) is 140 Å². The molecule has 11 heteroatoms. The van der Waals surface area contributed by atoms with E-state index in [2.05, 4.69) is 20.9 Å². The number of hydrogen-bond acceptors (Lipinski definition) is 5. The Labute approximate surface area is 175 Å². The normalized spacial score (nSPS) is 17.1. The first-order chi connectivity index (χ1) is 14.8. The molecule has 1 fully saturated rings. The molecule has 1 aliphatic rings. The molecule has 2 atom stereocenters. The number of aliphatic hydroxyl groups is 1. The Morgan fingerprint density at radius 2 is 2.00 bits per heavy atom. The Kier molecular flexibility index (Phi) is 6.95. The Morgan fingerprint density at radius 1 is 1.23 bits per heavy atom. The second-order valence-electron chi connectivity index (χ2n) is 7.33. The van der Waals surface area contributed by atoms with Gasteiger partial charge < -0.3 is 26.0 Å². The van der Waals surface area contributed by atoms with Crippen LogP contribution in [0.5, 0.6) is 0 Å². The van der Waals surface area contributed by atoms with E-state index in [9.17, 15) is 28.0 Å². The van der Waals surface area contributed by atoms with Crippen molar-refractivity contribution in [1.82, 2.24) is 20.9 Å². The SMILES string of the molecule is O=C(CNC(=O)c1cc2cc(F)cc(F)c2[nH]1)NC(C[C@@H]1CCCNC1=O)C(=O)CO. The van der Waals surface area contributed by atoms with Crippen LogP contribution in [0.25, 0.3) is 10.9 Å². The number of Topliss-reactive ketones (excluding diaryl/α,β-unsaturated/α-hetero) is 1. The summed E-state index contributed by atoms with van der Waals surface area (Å²) in [4.78, 5) is 50.9. The average molecular weight is 436 g/mol. The van der Waals surface area contributed by atoms with Gasteiger partial charge in [-0.15, -0.1) is 0 Å². The van der Waals surface area contributed by atoms with E-state index < -0.39 is 54.3 Å². The van der Waals surface area contributed by atoms with Crippen molar-refractivity contribution in [3.05, 3.63) is 35.5 Å². The molecule has 3 amide bonds. The number of halogens is 2. The Morgan fingerprint density at radius 3 is 2.71 bits per heavy atom. The number of piperidine rings is 1. The zero-order valence-corrected chi connectivity index (χ0v) is 16.5. The summed E-state index contributed by atoms with van der Waals surface area (Å²) in [7, 11) is 0. The minimum atomic E-state index is -1.08. The molecule has 0 radical (unpaired) electrons. The number of hydrogen-bond donors (Lipinski definition) is 5. The predicted molar refractivity (Wildman–Crippen MR) is 105 cm³/mol. The predicted octanol–water partition coefficient (Wildman–Crippen LogP) is 0.138. The molecule has 3 rings (SSSR count). The largest absolute Gasteiger partial charge is 0.389 e. The highest BCUT2D eigenvalue weighted by atomic mass is 19.1. The molecule has 31 heavy (non-hydrogen) atoms. The third kappa shape index (κ3) is 5.43. The molecule has 1 aromatic carbocycles. The summed E-state index contributed by atoms with van der Waals surface area (Å²) in [5.41, 5.74) is -0.121. The van der Waals surface area contributed by atoms with E-state index in [1.165, 1.54) is 6.07 Å². The van der Waals surface area contributed by atoms with Crippen molar-refractivity contribution >= 4 is 34.4 Å². The van der Waals surface area contributed by atoms with Gasteiger partial charge in [-0.25, -0.2) is 8.78 Å². The number of aliphatic hydroxyl groups excluding tert-OH is 1. The summed E-state index contributed by atoms with van der Waals surface area (Å²) >= 11 is 0. The number of aromatic nitrogens is 1. The van der Waals surface area contributed by atoms with Gasteiger partial charge in [0.05, 0.1) is 18.1 Å². The summed E-state index contributed by atoms with van der Waals surface area (Å²) < 4.78 is 27.1. The molecule has 2 aromatic rings. The number of carbonyl (C=O) groups is 4. The minimum Gasteiger partial charge on any atom is -0.389 e. The van der Waals surface area contributed by atoms with Crippen molar-refractivity contribution < 1.29 is 33.1 Å². The number of benzene rings is 1.